The molecule has 0 fully saturated rings. The number of hydrogen-bond acceptors (Lipinski definition) is 4. The lowest BCUT2D eigenvalue weighted by molar-refractivity contribution is 0.102. The summed E-state index contributed by atoms with van der Waals surface area (Å²) in [5.41, 5.74) is 2.50. The maximum Gasteiger partial charge on any atom is 0.206 e. The number of fused-ring (bicyclic) bond motifs is 3. The molecule has 0 aliphatic carbocycles. The van der Waals surface area contributed by atoms with E-state index in [4.69, 9.17) is 4.12 Å². The molecular formula is C26H24O3SSi2. The van der Waals surface area contributed by atoms with Crippen molar-refractivity contribution in [3.8, 4) is 0 Å². The van der Waals surface area contributed by atoms with E-state index < -0.39 is 16.6 Å². The molecular weight excluding hydrogens is 449 g/mol. The van der Waals surface area contributed by atoms with Crippen LogP contribution in [0.25, 0.3) is 5.57 Å². The normalized spacial score (nSPS) is 19.6. The summed E-state index contributed by atoms with van der Waals surface area (Å²) < 4.78 is 6.66. The first-order valence-electron chi connectivity index (χ1n) is 10.7. The Morgan fingerprint density at radius 2 is 1.41 bits per heavy atom. The molecule has 5 rings (SSSR count). The summed E-state index contributed by atoms with van der Waals surface area (Å²) in [6.45, 7) is 8.94. The molecule has 2 aliphatic rings. The van der Waals surface area contributed by atoms with Gasteiger partial charge in [0, 0.05) is 26.5 Å². The van der Waals surface area contributed by atoms with Crippen LogP contribution in [0.3, 0.4) is 0 Å². The average Bonchev–Trinajstić information content (AvgIpc) is 2.94. The zero-order valence-electron chi connectivity index (χ0n) is 18.6. The minimum absolute atomic E-state index is 0.130. The van der Waals surface area contributed by atoms with E-state index in [1.54, 1.807) is 23.9 Å². The van der Waals surface area contributed by atoms with E-state index in [0.29, 0.717) is 16.7 Å². The average molecular weight is 473 g/mol. The Bertz CT molecular complexity index is 1310. The van der Waals surface area contributed by atoms with E-state index in [1.807, 2.05) is 42.5 Å². The van der Waals surface area contributed by atoms with Crippen LogP contribution in [0.4, 0.5) is 0 Å². The Hall–Kier alpha value is -2.52. The van der Waals surface area contributed by atoms with Gasteiger partial charge in [0.2, 0.25) is 16.6 Å². The maximum atomic E-state index is 13.6. The first kappa shape index (κ1) is 21.3. The molecule has 0 atom stereocenters. The summed E-state index contributed by atoms with van der Waals surface area (Å²) >= 11 is 1.57. The van der Waals surface area contributed by atoms with Crippen molar-refractivity contribution < 1.29 is 13.7 Å². The van der Waals surface area contributed by atoms with Crippen LogP contribution >= 0.6 is 11.8 Å². The molecule has 0 radical (unpaired) electrons. The van der Waals surface area contributed by atoms with E-state index >= 15 is 0 Å². The molecule has 0 spiro atoms. The Morgan fingerprint density at radius 1 is 0.781 bits per heavy atom. The van der Waals surface area contributed by atoms with Crippen LogP contribution in [0.1, 0.15) is 26.3 Å². The molecule has 0 unspecified atom stereocenters. The minimum Gasteiger partial charge on any atom is -0.449 e. The highest BCUT2D eigenvalue weighted by molar-refractivity contribution is 7.99. The number of allylic oxidation sites excluding steroid dienone is 2. The smallest absolute Gasteiger partial charge is 0.206 e. The summed E-state index contributed by atoms with van der Waals surface area (Å²) in [6.07, 6.45) is 1.53. The van der Waals surface area contributed by atoms with Crippen molar-refractivity contribution in [1.82, 2.24) is 0 Å². The van der Waals surface area contributed by atoms with Crippen LogP contribution in [0.2, 0.25) is 26.2 Å². The molecule has 3 nitrogen and oxygen atoms in total. The predicted molar refractivity (Wildman–Crippen MR) is 135 cm³/mol. The molecule has 160 valence electrons. The number of ketones is 2. The number of hydrogen-bond donors (Lipinski definition) is 0. The number of benzene rings is 3. The van der Waals surface area contributed by atoms with Gasteiger partial charge >= 0.3 is 0 Å². The maximum absolute atomic E-state index is 13.6. The van der Waals surface area contributed by atoms with Gasteiger partial charge in [0.15, 0.2) is 11.6 Å². The Balaban J connectivity index is 1.80. The van der Waals surface area contributed by atoms with E-state index in [9.17, 15) is 9.59 Å². The lowest BCUT2D eigenvalue weighted by Crippen LogP contribution is -2.44. The molecule has 3 aromatic carbocycles. The fourth-order valence-corrected chi connectivity index (χ4v) is 16.2. The highest BCUT2D eigenvalue weighted by Gasteiger charge is 2.47. The molecule has 0 N–H and O–H groups in total. The van der Waals surface area contributed by atoms with E-state index in [0.717, 1.165) is 15.4 Å². The van der Waals surface area contributed by atoms with E-state index in [1.165, 1.54) is 16.4 Å². The molecule has 0 saturated carbocycles. The summed E-state index contributed by atoms with van der Waals surface area (Å²) in [7, 11) is -4.11. The van der Waals surface area contributed by atoms with Crippen LogP contribution in [-0.2, 0) is 4.12 Å². The SMILES string of the molecule is C[Si]1(C)O[Si](C)(C)c2cc3c(cc21)Sc1ccccc1C(=O)/C=C\3C(=O)c1ccccc1. The molecule has 32 heavy (non-hydrogen) atoms. The van der Waals surface area contributed by atoms with Crippen molar-refractivity contribution in [2.75, 3.05) is 0 Å². The summed E-state index contributed by atoms with van der Waals surface area (Å²) in [6, 6.07) is 21.2. The summed E-state index contributed by atoms with van der Waals surface area (Å²) in [5, 5.41) is 2.57. The second kappa shape index (κ2) is 7.52. The summed E-state index contributed by atoms with van der Waals surface area (Å²) in [5.74, 6) is -0.268. The van der Waals surface area contributed by atoms with E-state index in [-0.39, 0.29) is 11.6 Å². The quantitative estimate of drug-likeness (QED) is 0.382. The van der Waals surface area contributed by atoms with Crippen LogP contribution < -0.4 is 10.4 Å². The van der Waals surface area contributed by atoms with Gasteiger partial charge in [0.1, 0.15) is 0 Å². The van der Waals surface area contributed by atoms with Gasteiger partial charge in [-0.1, -0.05) is 60.3 Å². The van der Waals surface area contributed by atoms with Crippen LogP contribution in [-0.4, -0.2) is 28.2 Å². The Labute approximate surface area is 194 Å². The van der Waals surface area contributed by atoms with Crippen molar-refractivity contribution in [3.63, 3.8) is 0 Å². The van der Waals surface area contributed by atoms with Crippen LogP contribution in [0.15, 0.2) is 82.6 Å². The minimum atomic E-state index is -2.09. The topological polar surface area (TPSA) is 43.4 Å². The molecule has 2 aliphatic heterocycles. The van der Waals surface area contributed by atoms with Crippen LogP contribution in [0.5, 0.6) is 0 Å². The van der Waals surface area contributed by atoms with Crippen LogP contribution in [0, 0.1) is 0 Å². The first-order valence-corrected chi connectivity index (χ1v) is 17.3. The van der Waals surface area contributed by atoms with Gasteiger partial charge in [0.05, 0.1) is 0 Å². The molecule has 0 saturated heterocycles. The lowest BCUT2D eigenvalue weighted by Gasteiger charge is -2.22. The second-order valence-corrected chi connectivity index (χ2v) is 18.3. The largest absolute Gasteiger partial charge is 0.449 e. The van der Waals surface area contributed by atoms with Crippen molar-refractivity contribution in [3.05, 3.63) is 89.5 Å². The third-order valence-electron chi connectivity index (χ3n) is 6.15. The zero-order valence-corrected chi connectivity index (χ0v) is 21.4. The van der Waals surface area contributed by atoms with Gasteiger partial charge in [0.25, 0.3) is 0 Å². The molecule has 0 amide bonds. The second-order valence-electron chi connectivity index (χ2n) is 9.23. The van der Waals surface area contributed by atoms with E-state index in [2.05, 4.69) is 38.3 Å². The monoisotopic (exact) mass is 472 g/mol. The van der Waals surface area contributed by atoms with Gasteiger partial charge in [-0.2, -0.15) is 0 Å². The number of rotatable bonds is 2. The van der Waals surface area contributed by atoms with Gasteiger partial charge in [-0.3, -0.25) is 9.59 Å². The third-order valence-corrected chi connectivity index (χ3v) is 15.0. The standard InChI is InChI=1S/C26H24O3SSi2/c1-31(2)24-15-19-20(26(28)17-10-6-5-7-11-17)14-21(27)18-12-8-9-13-22(18)30-23(19)16-25(24)32(3,4)29-31/h5-16H,1-4H3/b20-14+. The lowest BCUT2D eigenvalue weighted by atomic mass is 9.94. The van der Waals surface area contributed by atoms with Crippen molar-refractivity contribution in [2.45, 2.75) is 36.0 Å². The molecule has 6 heteroatoms. The highest BCUT2D eigenvalue weighted by Crippen LogP contribution is 2.40. The fraction of sp³-hybridized carbons (Fsp3) is 0.154. The molecule has 3 aromatic rings. The molecule has 2 heterocycles. The van der Waals surface area contributed by atoms with Gasteiger partial charge in [-0.15, -0.1) is 0 Å². The predicted octanol–water partition coefficient (Wildman–Crippen LogP) is 5.15. The highest BCUT2D eigenvalue weighted by atomic mass is 32.2. The zero-order chi connectivity index (χ0) is 22.7. The molecule has 0 bridgehead atoms. The number of carbonyl (C=O) groups excluding carboxylic acids is 2. The number of Topliss-reactive ketones (excluding diaryl/α,β-unsaturated/α-hetero) is 1. The first-order chi connectivity index (χ1) is 15.2. The number of carbonyl (C=O) groups is 2. The Morgan fingerprint density at radius 3 is 2.12 bits per heavy atom. The third kappa shape index (κ3) is 3.47. The van der Waals surface area contributed by atoms with Crippen molar-refractivity contribution in [1.29, 1.82) is 0 Å². The van der Waals surface area contributed by atoms with Crippen molar-refractivity contribution in [2.24, 2.45) is 0 Å². The van der Waals surface area contributed by atoms with Gasteiger partial charge in [-0.25, -0.2) is 0 Å². The van der Waals surface area contributed by atoms with Gasteiger partial charge in [-0.05, 0) is 66.4 Å². The molecule has 0 aromatic heterocycles. The Kier molecular flexibility index (Phi) is 5.01. The van der Waals surface area contributed by atoms with Crippen molar-refractivity contribution >= 4 is 55.9 Å². The van der Waals surface area contributed by atoms with Gasteiger partial charge < -0.3 is 4.12 Å². The fourth-order valence-electron chi connectivity index (χ4n) is 4.72. The summed E-state index contributed by atoms with van der Waals surface area (Å²) in [4.78, 5) is 28.8.